The van der Waals surface area contributed by atoms with Crippen LogP contribution in [0.2, 0.25) is 0 Å². The largest absolute Gasteiger partial charge is 0.378 e. The number of guanidine groups is 1. The Labute approximate surface area is 157 Å². The fourth-order valence-electron chi connectivity index (χ4n) is 3.03. The molecule has 6 heteroatoms. The smallest absolute Gasteiger partial charge is 0.191 e. The average Bonchev–Trinajstić information content (AvgIpc) is 2.89. The Balaban J connectivity index is 0.00000264. The lowest BCUT2D eigenvalue weighted by Crippen LogP contribution is -2.69. The molecule has 0 aliphatic heterocycles. The number of hydrogen-bond donors (Lipinski definition) is 2. The molecule has 0 spiro atoms. The minimum Gasteiger partial charge on any atom is -0.378 e. The van der Waals surface area contributed by atoms with E-state index in [0.29, 0.717) is 12.6 Å². The molecule has 1 heterocycles. The summed E-state index contributed by atoms with van der Waals surface area (Å²) in [6.45, 7) is 10.3. The third-order valence-electron chi connectivity index (χ3n) is 5.25. The summed E-state index contributed by atoms with van der Waals surface area (Å²) in [5.74, 6) is 0.877. The zero-order chi connectivity index (χ0) is 16.4. The first-order valence-electron chi connectivity index (χ1n) is 8.03. The summed E-state index contributed by atoms with van der Waals surface area (Å²) >= 11 is 0. The fraction of sp³-hybridized carbons (Fsp3) is 0.706. The molecule has 0 saturated heterocycles. The predicted octanol–water partition coefficient (Wildman–Crippen LogP) is 2.90. The summed E-state index contributed by atoms with van der Waals surface area (Å²) in [6, 6.07) is 2.47. The quantitative estimate of drug-likeness (QED) is 0.426. The van der Waals surface area contributed by atoms with E-state index in [4.69, 9.17) is 9.73 Å². The van der Waals surface area contributed by atoms with E-state index in [0.717, 1.165) is 18.9 Å². The van der Waals surface area contributed by atoms with Crippen molar-refractivity contribution >= 4 is 29.9 Å². The van der Waals surface area contributed by atoms with Crippen molar-refractivity contribution in [2.75, 3.05) is 13.7 Å². The van der Waals surface area contributed by atoms with Crippen LogP contribution in [0, 0.1) is 5.41 Å². The monoisotopic (exact) mass is 434 g/mol. The summed E-state index contributed by atoms with van der Waals surface area (Å²) in [7, 11) is 3.83. The number of nitrogens with zero attached hydrogens (tertiary/aromatic N) is 2. The lowest BCUT2D eigenvalue weighted by Gasteiger charge is -2.59. The number of methoxy groups -OCH3 is 1. The van der Waals surface area contributed by atoms with Crippen molar-refractivity contribution in [2.24, 2.45) is 17.5 Å². The van der Waals surface area contributed by atoms with Crippen LogP contribution in [0.5, 0.6) is 0 Å². The molecule has 132 valence electrons. The Kier molecular flexibility index (Phi) is 6.95. The molecule has 23 heavy (non-hydrogen) atoms. The van der Waals surface area contributed by atoms with E-state index in [1.165, 1.54) is 5.56 Å². The van der Waals surface area contributed by atoms with Crippen LogP contribution in [0.3, 0.4) is 0 Å². The molecule has 5 nitrogen and oxygen atoms in total. The number of aliphatic imine (C=N–C) groups is 1. The SMILES string of the molecule is CCNC(=NCc1ccn(C)c1)NC1CC(C)(OC)C1(C)C.I. The Bertz CT molecular complexity index is 540. The number of halogens is 1. The highest BCUT2D eigenvalue weighted by Crippen LogP contribution is 2.51. The summed E-state index contributed by atoms with van der Waals surface area (Å²) < 4.78 is 7.74. The molecule has 1 aliphatic carbocycles. The van der Waals surface area contributed by atoms with Crippen molar-refractivity contribution in [1.29, 1.82) is 0 Å². The molecule has 0 radical (unpaired) electrons. The highest BCUT2D eigenvalue weighted by atomic mass is 127. The number of ether oxygens (including phenoxy) is 1. The van der Waals surface area contributed by atoms with Gasteiger partial charge in [-0.15, -0.1) is 24.0 Å². The summed E-state index contributed by atoms with van der Waals surface area (Å²) in [5, 5.41) is 6.90. The summed E-state index contributed by atoms with van der Waals surface area (Å²) in [4.78, 5) is 4.70. The Hall–Kier alpha value is -0.760. The minimum atomic E-state index is -0.0680. The molecule has 1 aromatic rings. The van der Waals surface area contributed by atoms with Gasteiger partial charge in [0, 0.05) is 44.6 Å². The molecule has 0 bridgehead atoms. The van der Waals surface area contributed by atoms with Crippen molar-refractivity contribution in [3.63, 3.8) is 0 Å². The van der Waals surface area contributed by atoms with Crippen molar-refractivity contribution in [3.05, 3.63) is 24.0 Å². The molecule has 1 aliphatic rings. The van der Waals surface area contributed by atoms with Gasteiger partial charge >= 0.3 is 0 Å². The van der Waals surface area contributed by atoms with Gasteiger partial charge in [-0.05, 0) is 31.9 Å². The first-order valence-corrected chi connectivity index (χ1v) is 8.03. The van der Waals surface area contributed by atoms with Crippen LogP contribution in [0.25, 0.3) is 0 Å². The second-order valence-electron chi connectivity index (χ2n) is 6.94. The fourth-order valence-corrected chi connectivity index (χ4v) is 3.03. The van der Waals surface area contributed by atoms with Crippen LogP contribution >= 0.6 is 24.0 Å². The van der Waals surface area contributed by atoms with Gasteiger partial charge in [0.1, 0.15) is 0 Å². The first kappa shape index (κ1) is 20.3. The van der Waals surface area contributed by atoms with Gasteiger partial charge in [0.25, 0.3) is 0 Å². The second-order valence-corrected chi connectivity index (χ2v) is 6.94. The number of aromatic nitrogens is 1. The van der Waals surface area contributed by atoms with Crippen molar-refractivity contribution in [2.45, 2.75) is 52.3 Å². The Morgan fingerprint density at radius 3 is 2.61 bits per heavy atom. The maximum absolute atomic E-state index is 5.69. The topological polar surface area (TPSA) is 50.6 Å². The van der Waals surface area contributed by atoms with Gasteiger partial charge in [-0.1, -0.05) is 13.8 Å². The molecular weight excluding hydrogens is 403 g/mol. The molecule has 1 saturated carbocycles. The zero-order valence-electron chi connectivity index (χ0n) is 15.1. The molecule has 1 fully saturated rings. The number of hydrogen-bond acceptors (Lipinski definition) is 2. The van der Waals surface area contributed by atoms with E-state index in [2.05, 4.69) is 50.6 Å². The molecule has 2 N–H and O–H groups in total. The maximum atomic E-state index is 5.69. The third-order valence-corrected chi connectivity index (χ3v) is 5.25. The second kappa shape index (κ2) is 7.88. The standard InChI is InChI=1S/C17H30N4O.HI/c1-7-18-15(19-11-13-8-9-21(5)12-13)20-14-10-17(4,22-6)16(14,2)3;/h8-9,12,14H,7,10-11H2,1-6H3,(H2,18,19,20);1H. The summed E-state index contributed by atoms with van der Waals surface area (Å²) in [6.07, 6.45) is 5.14. The van der Waals surface area contributed by atoms with Crippen LogP contribution in [0.4, 0.5) is 0 Å². The van der Waals surface area contributed by atoms with Crippen LogP contribution in [0.15, 0.2) is 23.5 Å². The average molecular weight is 434 g/mol. The van der Waals surface area contributed by atoms with Gasteiger partial charge in [-0.2, -0.15) is 0 Å². The van der Waals surface area contributed by atoms with Crippen molar-refractivity contribution in [3.8, 4) is 0 Å². The lowest BCUT2D eigenvalue weighted by molar-refractivity contribution is -0.176. The van der Waals surface area contributed by atoms with Gasteiger partial charge in [0.05, 0.1) is 12.1 Å². The van der Waals surface area contributed by atoms with Gasteiger partial charge in [0.2, 0.25) is 0 Å². The highest BCUT2D eigenvalue weighted by Gasteiger charge is 2.58. The van der Waals surface area contributed by atoms with Gasteiger partial charge < -0.3 is 19.9 Å². The predicted molar refractivity (Wildman–Crippen MR) is 106 cm³/mol. The van der Waals surface area contributed by atoms with E-state index in [1.54, 1.807) is 7.11 Å². The zero-order valence-corrected chi connectivity index (χ0v) is 17.5. The van der Waals surface area contributed by atoms with Crippen LogP contribution in [0.1, 0.15) is 39.7 Å². The van der Waals surface area contributed by atoms with E-state index in [-0.39, 0.29) is 35.0 Å². The van der Waals surface area contributed by atoms with E-state index in [9.17, 15) is 0 Å². The Morgan fingerprint density at radius 2 is 2.13 bits per heavy atom. The highest BCUT2D eigenvalue weighted by molar-refractivity contribution is 14.0. The van der Waals surface area contributed by atoms with Gasteiger partial charge in [-0.25, -0.2) is 4.99 Å². The Morgan fingerprint density at radius 1 is 1.43 bits per heavy atom. The first-order chi connectivity index (χ1) is 10.3. The van der Waals surface area contributed by atoms with Gasteiger partial charge in [0.15, 0.2) is 5.96 Å². The van der Waals surface area contributed by atoms with Crippen LogP contribution in [-0.4, -0.2) is 35.8 Å². The minimum absolute atomic E-state index is 0. The normalized spacial score (nSPS) is 26.2. The van der Waals surface area contributed by atoms with Crippen molar-refractivity contribution in [1.82, 2.24) is 15.2 Å². The maximum Gasteiger partial charge on any atom is 0.191 e. The van der Waals surface area contributed by atoms with Crippen molar-refractivity contribution < 1.29 is 4.74 Å². The van der Waals surface area contributed by atoms with Crippen LogP contribution in [-0.2, 0) is 18.3 Å². The molecule has 0 amide bonds. The number of rotatable bonds is 5. The molecule has 2 unspecified atom stereocenters. The van der Waals surface area contributed by atoms with Gasteiger partial charge in [-0.3, -0.25) is 0 Å². The lowest BCUT2D eigenvalue weighted by atomic mass is 9.56. The molecule has 1 aromatic heterocycles. The summed E-state index contributed by atoms with van der Waals surface area (Å²) in [5.41, 5.74) is 1.22. The molecule has 0 aromatic carbocycles. The number of nitrogens with one attached hydrogen (secondary N) is 2. The van der Waals surface area contributed by atoms with E-state index in [1.807, 2.05) is 17.8 Å². The molecule has 2 rings (SSSR count). The van der Waals surface area contributed by atoms with E-state index < -0.39 is 0 Å². The van der Waals surface area contributed by atoms with Crippen LogP contribution < -0.4 is 10.6 Å². The third kappa shape index (κ3) is 4.21. The molecular formula is C17H31IN4O. The molecule has 2 atom stereocenters. The number of aryl methyl sites for hydroxylation is 1. The van der Waals surface area contributed by atoms with E-state index >= 15 is 0 Å².